The molecule has 0 radical (unpaired) electrons. The van der Waals surface area contributed by atoms with Gasteiger partial charge in [-0.25, -0.2) is 8.42 Å². The highest BCUT2D eigenvalue weighted by molar-refractivity contribution is 7.89. The molecule has 4 rings (SSSR count). The van der Waals surface area contributed by atoms with Crippen molar-refractivity contribution in [2.75, 3.05) is 33.2 Å². The van der Waals surface area contributed by atoms with Crippen molar-refractivity contribution >= 4 is 15.9 Å². The fourth-order valence-electron chi connectivity index (χ4n) is 3.74. The summed E-state index contributed by atoms with van der Waals surface area (Å²) in [5.41, 5.74) is 1.81. The van der Waals surface area contributed by atoms with Crippen molar-refractivity contribution in [1.29, 1.82) is 0 Å². The van der Waals surface area contributed by atoms with E-state index in [-0.39, 0.29) is 22.4 Å². The highest BCUT2D eigenvalue weighted by Crippen LogP contribution is 2.27. The fourth-order valence-corrected chi connectivity index (χ4v) is 5.24. The Kier molecular flexibility index (Phi) is 6.45. The summed E-state index contributed by atoms with van der Waals surface area (Å²) in [4.78, 5) is 15.3. The Balaban J connectivity index is 1.71. The van der Waals surface area contributed by atoms with Crippen LogP contribution in [-0.4, -0.2) is 56.8 Å². The smallest absolute Gasteiger partial charge is 0.251 e. The monoisotopic (exact) mass is 453 g/mol. The summed E-state index contributed by atoms with van der Waals surface area (Å²) < 4.78 is 33.7. The summed E-state index contributed by atoms with van der Waals surface area (Å²) in [6, 6.07) is 17.5. The zero-order chi connectivity index (χ0) is 22.7. The Morgan fingerprint density at radius 2 is 1.69 bits per heavy atom. The lowest BCUT2D eigenvalue weighted by Crippen LogP contribution is -2.47. The first-order valence-corrected chi connectivity index (χ1v) is 12.0. The predicted octanol–water partition coefficient (Wildman–Crippen LogP) is 3.37. The van der Waals surface area contributed by atoms with Gasteiger partial charge in [-0.2, -0.15) is 4.31 Å². The number of piperazine rings is 1. The van der Waals surface area contributed by atoms with Gasteiger partial charge in [0.05, 0.1) is 17.2 Å². The van der Waals surface area contributed by atoms with Crippen LogP contribution in [0, 0.1) is 0 Å². The Morgan fingerprint density at radius 1 is 0.969 bits per heavy atom. The molecule has 32 heavy (non-hydrogen) atoms. The number of hydrogen-bond donors (Lipinski definition) is 1. The lowest BCUT2D eigenvalue weighted by atomic mass is 10.0. The lowest BCUT2D eigenvalue weighted by molar-refractivity contribution is 0.0935. The zero-order valence-electron chi connectivity index (χ0n) is 18.2. The summed E-state index contributed by atoms with van der Waals surface area (Å²) >= 11 is 0. The van der Waals surface area contributed by atoms with Gasteiger partial charge in [-0.3, -0.25) is 4.79 Å². The van der Waals surface area contributed by atoms with Gasteiger partial charge in [-0.15, -0.1) is 0 Å². The topological polar surface area (TPSA) is 82.9 Å². The van der Waals surface area contributed by atoms with Gasteiger partial charge >= 0.3 is 0 Å². The summed E-state index contributed by atoms with van der Waals surface area (Å²) in [5, 5.41) is 2.89. The van der Waals surface area contributed by atoms with Crippen LogP contribution in [0.15, 0.2) is 76.2 Å². The molecule has 8 heteroatoms. The minimum atomic E-state index is -3.74. The van der Waals surface area contributed by atoms with Crippen LogP contribution in [0.5, 0.6) is 0 Å². The van der Waals surface area contributed by atoms with Crippen molar-refractivity contribution in [1.82, 2.24) is 14.5 Å². The van der Waals surface area contributed by atoms with E-state index in [1.165, 1.54) is 10.4 Å². The number of benzene rings is 2. The zero-order valence-corrected chi connectivity index (χ0v) is 19.0. The SMILES string of the molecule is CC(NC(=O)c1cc(-c2ccccc2)cc(S(=O)(=O)N2CCN(C)CC2)c1)c1ccco1. The van der Waals surface area contributed by atoms with Crippen LogP contribution >= 0.6 is 0 Å². The summed E-state index contributed by atoms with van der Waals surface area (Å²) in [6.45, 7) is 4.01. The third kappa shape index (κ3) is 4.77. The number of amides is 1. The Labute approximate surface area is 188 Å². The number of carbonyl (C=O) groups is 1. The average Bonchev–Trinajstić information content (AvgIpc) is 3.35. The molecule has 0 spiro atoms. The highest BCUT2D eigenvalue weighted by Gasteiger charge is 2.29. The number of likely N-dealkylation sites (N-methyl/N-ethyl adjacent to an activating group) is 1. The van der Waals surface area contributed by atoms with Crippen molar-refractivity contribution in [2.24, 2.45) is 0 Å². The van der Waals surface area contributed by atoms with Crippen LogP contribution < -0.4 is 5.32 Å². The van der Waals surface area contributed by atoms with Crippen molar-refractivity contribution in [3.63, 3.8) is 0 Å². The van der Waals surface area contributed by atoms with Crippen molar-refractivity contribution in [3.8, 4) is 11.1 Å². The van der Waals surface area contributed by atoms with E-state index in [1.54, 1.807) is 30.5 Å². The summed E-state index contributed by atoms with van der Waals surface area (Å²) in [7, 11) is -1.76. The van der Waals surface area contributed by atoms with E-state index in [2.05, 4.69) is 10.2 Å². The number of nitrogens with one attached hydrogen (secondary N) is 1. The van der Waals surface area contributed by atoms with E-state index in [9.17, 15) is 13.2 Å². The maximum Gasteiger partial charge on any atom is 0.251 e. The summed E-state index contributed by atoms with van der Waals surface area (Å²) in [6.07, 6.45) is 1.55. The molecule has 1 N–H and O–H groups in total. The van der Waals surface area contributed by atoms with Crippen LogP contribution in [0.2, 0.25) is 0 Å². The molecule has 3 aromatic rings. The van der Waals surface area contributed by atoms with Crippen LogP contribution in [0.1, 0.15) is 29.1 Å². The molecular formula is C24H27N3O4S. The standard InChI is InChI=1S/C24H27N3O4S/c1-18(23-9-6-14-31-23)25-24(28)21-15-20(19-7-4-3-5-8-19)16-22(17-21)32(29,30)27-12-10-26(2)11-13-27/h3-9,14-18H,10-13H2,1-2H3,(H,25,28). The second-order valence-electron chi connectivity index (χ2n) is 8.03. The van der Waals surface area contributed by atoms with Crippen LogP contribution in [-0.2, 0) is 10.0 Å². The van der Waals surface area contributed by atoms with Gasteiger partial charge in [0.15, 0.2) is 0 Å². The van der Waals surface area contributed by atoms with Gasteiger partial charge in [0.2, 0.25) is 10.0 Å². The number of hydrogen-bond acceptors (Lipinski definition) is 5. The first-order valence-electron chi connectivity index (χ1n) is 10.6. The molecule has 2 heterocycles. The first kappa shape index (κ1) is 22.3. The third-order valence-corrected chi connectivity index (χ3v) is 7.57. The number of sulfonamides is 1. The Hall–Kier alpha value is -2.94. The molecule has 1 unspecified atom stereocenters. The van der Waals surface area contributed by atoms with Crippen molar-refractivity contribution in [2.45, 2.75) is 17.9 Å². The molecule has 1 aliphatic heterocycles. The van der Waals surface area contributed by atoms with Gasteiger partial charge in [0.1, 0.15) is 5.76 Å². The minimum Gasteiger partial charge on any atom is -0.467 e. The molecule has 1 fully saturated rings. The van der Waals surface area contributed by atoms with Crippen molar-refractivity contribution in [3.05, 3.63) is 78.3 Å². The van der Waals surface area contributed by atoms with Crippen LogP contribution in [0.25, 0.3) is 11.1 Å². The molecule has 1 aliphatic rings. The maximum atomic E-state index is 13.4. The molecule has 0 bridgehead atoms. The normalized spacial score (nSPS) is 16.6. The number of rotatable bonds is 6. The first-order chi connectivity index (χ1) is 15.3. The molecule has 0 saturated carbocycles. The maximum absolute atomic E-state index is 13.4. The summed E-state index contributed by atoms with van der Waals surface area (Å²) in [5.74, 6) is 0.268. The molecule has 7 nitrogen and oxygen atoms in total. The second kappa shape index (κ2) is 9.28. The van der Waals surface area contributed by atoms with E-state index >= 15 is 0 Å². The molecule has 2 aromatic carbocycles. The lowest BCUT2D eigenvalue weighted by Gasteiger charge is -2.31. The Morgan fingerprint density at radius 3 is 2.34 bits per heavy atom. The number of nitrogens with zero attached hydrogens (tertiary/aromatic N) is 2. The van der Waals surface area contributed by atoms with E-state index in [1.807, 2.05) is 44.3 Å². The van der Waals surface area contributed by atoms with E-state index in [4.69, 9.17) is 4.42 Å². The van der Waals surface area contributed by atoms with Gasteiger partial charge in [-0.05, 0) is 55.4 Å². The van der Waals surface area contributed by atoms with Gasteiger partial charge in [0, 0.05) is 31.7 Å². The molecule has 1 atom stereocenters. The molecule has 0 aliphatic carbocycles. The number of carbonyl (C=O) groups excluding carboxylic acids is 1. The molecule has 1 amide bonds. The van der Waals surface area contributed by atoms with Crippen molar-refractivity contribution < 1.29 is 17.6 Å². The third-order valence-electron chi connectivity index (χ3n) is 5.69. The quantitative estimate of drug-likeness (QED) is 0.619. The predicted molar refractivity (Wildman–Crippen MR) is 123 cm³/mol. The molecule has 168 valence electrons. The Bertz CT molecular complexity index is 1170. The number of furan rings is 1. The van der Waals surface area contributed by atoms with E-state index in [0.29, 0.717) is 37.5 Å². The fraction of sp³-hybridized carbons (Fsp3) is 0.292. The largest absolute Gasteiger partial charge is 0.467 e. The minimum absolute atomic E-state index is 0.124. The van der Waals surface area contributed by atoms with Gasteiger partial charge < -0.3 is 14.6 Å². The molecule has 1 saturated heterocycles. The highest BCUT2D eigenvalue weighted by atomic mass is 32.2. The van der Waals surface area contributed by atoms with E-state index < -0.39 is 10.0 Å². The average molecular weight is 454 g/mol. The van der Waals surface area contributed by atoms with E-state index in [0.717, 1.165) is 5.56 Å². The van der Waals surface area contributed by atoms with Crippen LogP contribution in [0.3, 0.4) is 0 Å². The molecule has 1 aromatic heterocycles. The van der Waals surface area contributed by atoms with Gasteiger partial charge in [-0.1, -0.05) is 30.3 Å². The second-order valence-corrected chi connectivity index (χ2v) is 9.97. The van der Waals surface area contributed by atoms with Gasteiger partial charge in [0.25, 0.3) is 5.91 Å². The molecular weight excluding hydrogens is 426 g/mol. The van der Waals surface area contributed by atoms with Crippen LogP contribution in [0.4, 0.5) is 0 Å².